The van der Waals surface area contributed by atoms with Gasteiger partial charge in [-0.25, -0.2) is 0 Å². The van der Waals surface area contributed by atoms with Gasteiger partial charge < -0.3 is 34.6 Å². The fourth-order valence-electron chi connectivity index (χ4n) is 1.92. The Bertz CT molecular complexity index is 517. The van der Waals surface area contributed by atoms with Crippen LogP contribution in [0.25, 0.3) is 0 Å². The Labute approximate surface area is 153 Å². The number of hydrogen-bond donors (Lipinski definition) is 4. The molecule has 0 spiro atoms. The second kappa shape index (κ2) is 11.4. The van der Waals surface area contributed by atoms with E-state index in [1.165, 1.54) is 9.80 Å². The summed E-state index contributed by atoms with van der Waals surface area (Å²) >= 11 is 0. The zero-order valence-electron chi connectivity index (χ0n) is 14.4. The van der Waals surface area contributed by atoms with E-state index in [0.29, 0.717) is 13.2 Å². The number of rotatable bonds is 12. The van der Waals surface area contributed by atoms with Gasteiger partial charge in [-0.2, -0.15) is 0 Å². The lowest BCUT2D eigenvalue weighted by Gasteiger charge is -2.15. The molecule has 2 unspecified atom stereocenters. The topological polar surface area (TPSA) is 190 Å². The third kappa shape index (κ3) is 11.1. The van der Waals surface area contributed by atoms with Crippen molar-refractivity contribution in [2.24, 2.45) is 0 Å². The standard InChI is InChI=1S/C8H13NO6.C6H9NO5/c10-1-2-14-8(13)4-9(3-7(11)12)6-5-15-6;8-5(9)1-7(2-6(10)11)4-3-12-4/h6,10H,1-5H2,(H,11,12);4H,1-3H2,(H,8,9)(H,10,11). The van der Waals surface area contributed by atoms with Gasteiger partial charge in [-0.3, -0.25) is 29.0 Å². The van der Waals surface area contributed by atoms with Crippen LogP contribution < -0.4 is 0 Å². The molecule has 4 N–H and O–H groups in total. The SMILES string of the molecule is O=C(O)CN(CC(=O)O)C1CO1.O=C(O)CN(CC(=O)OCCO)C1CO1. The van der Waals surface area contributed by atoms with Crippen LogP contribution in [-0.4, -0.2) is 119 Å². The summed E-state index contributed by atoms with van der Waals surface area (Å²) in [7, 11) is 0. The van der Waals surface area contributed by atoms with Crippen molar-refractivity contribution in [2.45, 2.75) is 12.5 Å². The predicted octanol–water partition coefficient (Wildman–Crippen LogP) is -2.92. The molecule has 0 bridgehead atoms. The minimum Gasteiger partial charge on any atom is -0.480 e. The number of carboxylic acids is 3. The quantitative estimate of drug-likeness (QED) is 0.195. The van der Waals surface area contributed by atoms with Crippen molar-refractivity contribution in [2.75, 3.05) is 52.6 Å². The fourth-order valence-corrected chi connectivity index (χ4v) is 1.92. The molecule has 0 aromatic rings. The summed E-state index contributed by atoms with van der Waals surface area (Å²) in [6, 6.07) is 0. The van der Waals surface area contributed by atoms with Crippen LogP contribution in [0.3, 0.4) is 0 Å². The molecule has 2 heterocycles. The van der Waals surface area contributed by atoms with E-state index in [1.807, 2.05) is 0 Å². The molecule has 0 amide bonds. The molecule has 27 heavy (non-hydrogen) atoms. The Kier molecular flexibility index (Phi) is 9.60. The van der Waals surface area contributed by atoms with E-state index in [4.69, 9.17) is 29.9 Å². The summed E-state index contributed by atoms with van der Waals surface area (Å²) in [6.45, 7) is -0.471. The molecule has 2 saturated heterocycles. The van der Waals surface area contributed by atoms with Crippen molar-refractivity contribution < 1.29 is 53.8 Å². The smallest absolute Gasteiger partial charge is 0.320 e. The Morgan fingerprint density at radius 2 is 1.19 bits per heavy atom. The van der Waals surface area contributed by atoms with Gasteiger partial charge in [0, 0.05) is 0 Å². The van der Waals surface area contributed by atoms with Crippen molar-refractivity contribution in [1.29, 1.82) is 0 Å². The fraction of sp³-hybridized carbons (Fsp3) is 0.714. The van der Waals surface area contributed by atoms with Gasteiger partial charge in [-0.15, -0.1) is 0 Å². The Morgan fingerprint density at radius 1 is 0.815 bits per heavy atom. The number of aliphatic hydroxyl groups is 1. The van der Waals surface area contributed by atoms with Gasteiger partial charge in [0.2, 0.25) is 0 Å². The van der Waals surface area contributed by atoms with Crippen LogP contribution in [-0.2, 0) is 33.4 Å². The van der Waals surface area contributed by atoms with E-state index in [1.54, 1.807) is 0 Å². The molecule has 2 fully saturated rings. The minimum absolute atomic E-state index is 0.0781. The minimum atomic E-state index is -1.05. The van der Waals surface area contributed by atoms with Gasteiger partial charge in [-0.1, -0.05) is 0 Å². The highest BCUT2D eigenvalue weighted by atomic mass is 16.6. The number of aliphatic carboxylic acids is 3. The van der Waals surface area contributed by atoms with E-state index in [0.717, 1.165) is 0 Å². The lowest BCUT2D eigenvalue weighted by molar-refractivity contribution is -0.148. The highest BCUT2D eigenvalue weighted by molar-refractivity contribution is 5.74. The van der Waals surface area contributed by atoms with Gasteiger partial charge in [0.05, 0.1) is 46.0 Å². The maximum Gasteiger partial charge on any atom is 0.320 e. The van der Waals surface area contributed by atoms with E-state index >= 15 is 0 Å². The van der Waals surface area contributed by atoms with E-state index in [-0.39, 0.29) is 51.8 Å². The van der Waals surface area contributed by atoms with Crippen molar-refractivity contribution in [3.8, 4) is 0 Å². The van der Waals surface area contributed by atoms with Crippen molar-refractivity contribution in [3.05, 3.63) is 0 Å². The van der Waals surface area contributed by atoms with Crippen LogP contribution in [0, 0.1) is 0 Å². The molecule has 0 aliphatic carbocycles. The molecule has 154 valence electrons. The van der Waals surface area contributed by atoms with Crippen molar-refractivity contribution in [1.82, 2.24) is 9.80 Å². The highest BCUT2D eigenvalue weighted by Gasteiger charge is 2.33. The van der Waals surface area contributed by atoms with Crippen LogP contribution >= 0.6 is 0 Å². The lowest BCUT2D eigenvalue weighted by atomic mass is 10.4. The summed E-state index contributed by atoms with van der Waals surface area (Å²) in [4.78, 5) is 44.6. The molecule has 13 heteroatoms. The Morgan fingerprint density at radius 3 is 1.48 bits per heavy atom. The average Bonchev–Trinajstić information content (AvgIpc) is 3.44. The van der Waals surface area contributed by atoms with Gasteiger partial charge in [0.25, 0.3) is 0 Å². The van der Waals surface area contributed by atoms with Crippen molar-refractivity contribution >= 4 is 23.9 Å². The van der Waals surface area contributed by atoms with Gasteiger partial charge in [-0.05, 0) is 0 Å². The summed E-state index contributed by atoms with van der Waals surface area (Å²) in [5.74, 6) is -3.69. The van der Waals surface area contributed by atoms with Crippen LogP contribution in [0.15, 0.2) is 0 Å². The van der Waals surface area contributed by atoms with E-state index in [9.17, 15) is 19.2 Å². The molecule has 0 saturated carbocycles. The molecule has 0 aromatic carbocycles. The summed E-state index contributed by atoms with van der Waals surface area (Å²) < 4.78 is 14.3. The van der Waals surface area contributed by atoms with Gasteiger partial charge in [0.15, 0.2) is 0 Å². The second-order valence-corrected chi connectivity index (χ2v) is 5.51. The Balaban J connectivity index is 0.000000277. The number of hydrogen-bond acceptors (Lipinski definition) is 10. The van der Waals surface area contributed by atoms with Crippen LogP contribution in [0.4, 0.5) is 0 Å². The largest absolute Gasteiger partial charge is 0.480 e. The predicted molar refractivity (Wildman–Crippen MR) is 83.6 cm³/mol. The maximum absolute atomic E-state index is 11.1. The van der Waals surface area contributed by atoms with E-state index < -0.39 is 23.9 Å². The third-order valence-electron chi connectivity index (χ3n) is 3.15. The molecule has 2 aliphatic heterocycles. The van der Waals surface area contributed by atoms with E-state index in [2.05, 4.69) is 4.74 Å². The highest BCUT2D eigenvalue weighted by Crippen LogP contribution is 2.15. The number of esters is 1. The third-order valence-corrected chi connectivity index (χ3v) is 3.15. The Hall–Kier alpha value is -2.32. The lowest BCUT2D eigenvalue weighted by Crippen LogP contribution is -2.37. The first-order valence-corrected chi connectivity index (χ1v) is 7.86. The monoisotopic (exact) mass is 394 g/mol. The first-order valence-electron chi connectivity index (χ1n) is 7.86. The number of nitrogens with zero attached hydrogens (tertiary/aromatic N) is 2. The molecule has 13 nitrogen and oxygen atoms in total. The van der Waals surface area contributed by atoms with Gasteiger partial charge >= 0.3 is 23.9 Å². The van der Waals surface area contributed by atoms with Crippen LogP contribution in [0.1, 0.15) is 0 Å². The summed E-state index contributed by atoms with van der Waals surface area (Å²) in [6.07, 6.45) is -0.625. The van der Waals surface area contributed by atoms with Crippen LogP contribution in [0.5, 0.6) is 0 Å². The molecule has 2 atom stereocenters. The number of carbonyl (C=O) groups is 4. The zero-order valence-corrected chi connectivity index (χ0v) is 14.4. The number of carboxylic acid groups (broad SMARTS) is 3. The maximum atomic E-state index is 11.1. The first-order chi connectivity index (χ1) is 12.7. The molecular weight excluding hydrogens is 372 g/mol. The van der Waals surface area contributed by atoms with Crippen molar-refractivity contribution in [3.63, 3.8) is 0 Å². The normalized spacial score (nSPS) is 19.8. The number of carbonyl (C=O) groups excluding carboxylic acids is 1. The number of aliphatic hydroxyl groups excluding tert-OH is 1. The molecule has 0 aromatic heterocycles. The molecule has 2 aliphatic rings. The molecule has 0 radical (unpaired) electrons. The number of ether oxygens (including phenoxy) is 3. The first kappa shape index (κ1) is 22.7. The van der Waals surface area contributed by atoms with Crippen LogP contribution in [0.2, 0.25) is 0 Å². The summed E-state index contributed by atoms with van der Waals surface area (Å²) in [5, 5.41) is 33.7. The van der Waals surface area contributed by atoms with Gasteiger partial charge in [0.1, 0.15) is 19.1 Å². The summed E-state index contributed by atoms with van der Waals surface area (Å²) in [5.41, 5.74) is 0. The molecule has 2 rings (SSSR count). The average molecular weight is 394 g/mol. The zero-order chi connectivity index (χ0) is 20.4. The number of epoxide rings is 2. The molecular formula is C14H22N2O11. The second-order valence-electron chi connectivity index (χ2n) is 5.51.